The number of rotatable bonds is 13. The summed E-state index contributed by atoms with van der Waals surface area (Å²) in [5.74, 6) is 3.38. The van der Waals surface area contributed by atoms with Crippen molar-refractivity contribution in [3.63, 3.8) is 0 Å². The Bertz CT molecular complexity index is 1330. The fourth-order valence-electron chi connectivity index (χ4n) is 9.31. The molecule has 0 aromatic heterocycles. The highest BCUT2D eigenvalue weighted by Gasteiger charge is 2.38. The van der Waals surface area contributed by atoms with Gasteiger partial charge in [-0.15, -0.1) is 0 Å². The van der Waals surface area contributed by atoms with Gasteiger partial charge in [-0.1, -0.05) is 77.4 Å². The second-order valence-electron chi connectivity index (χ2n) is 15.4. The van der Waals surface area contributed by atoms with Crippen LogP contribution in [0.2, 0.25) is 0 Å². The normalized spacial score (nSPS) is 26.6. The fourth-order valence-corrected chi connectivity index (χ4v) is 9.31. The number of halogens is 2. The summed E-state index contributed by atoms with van der Waals surface area (Å²) in [5.41, 5.74) is 17.2. The van der Waals surface area contributed by atoms with Gasteiger partial charge < -0.3 is 20.9 Å². The van der Waals surface area contributed by atoms with Crippen molar-refractivity contribution in [3.05, 3.63) is 82.8 Å². The van der Waals surface area contributed by atoms with E-state index in [1.54, 1.807) is 12.1 Å². The van der Waals surface area contributed by atoms with E-state index in [-0.39, 0.29) is 35.6 Å². The summed E-state index contributed by atoms with van der Waals surface area (Å²) < 4.78 is 42.6. The van der Waals surface area contributed by atoms with Crippen LogP contribution in [-0.4, -0.2) is 12.1 Å². The zero-order valence-electron chi connectivity index (χ0n) is 29.1. The lowest BCUT2D eigenvalue weighted by Crippen LogP contribution is -2.42. The van der Waals surface area contributed by atoms with Crippen LogP contribution in [0, 0.1) is 23.5 Å². The predicted octanol–water partition coefficient (Wildman–Crippen LogP) is 10.7. The molecule has 2 aromatic rings. The molecule has 48 heavy (non-hydrogen) atoms. The van der Waals surface area contributed by atoms with Crippen molar-refractivity contribution < 1.29 is 18.3 Å². The van der Waals surface area contributed by atoms with Gasteiger partial charge in [0.15, 0.2) is 0 Å². The van der Waals surface area contributed by atoms with Crippen LogP contribution < -0.4 is 20.9 Å². The topological polar surface area (TPSA) is 70.5 Å². The molecule has 4 N–H and O–H groups in total. The van der Waals surface area contributed by atoms with Gasteiger partial charge in [-0.05, 0) is 109 Å². The Hall–Kier alpha value is -2.70. The average molecular weight is 661 g/mol. The van der Waals surface area contributed by atoms with Crippen molar-refractivity contribution >= 4 is 0 Å². The molecule has 2 saturated carbocycles. The van der Waals surface area contributed by atoms with Crippen molar-refractivity contribution in [2.75, 3.05) is 0 Å². The van der Waals surface area contributed by atoms with Crippen LogP contribution in [0.15, 0.2) is 48.9 Å². The number of benzene rings is 2. The van der Waals surface area contributed by atoms with E-state index in [9.17, 15) is 0 Å². The minimum Gasteiger partial charge on any atom is -0.462 e. The first-order valence-corrected chi connectivity index (χ1v) is 19.2. The Morgan fingerprint density at radius 2 is 0.979 bits per heavy atom. The molecular formula is C42H58F2N2O2. The first kappa shape index (κ1) is 35.1. The minimum atomic E-state index is -0.154. The monoisotopic (exact) mass is 660 g/mol. The van der Waals surface area contributed by atoms with Crippen molar-refractivity contribution in [3.8, 4) is 11.5 Å². The molecule has 2 fully saturated rings. The molecule has 4 nitrogen and oxygen atoms in total. The second-order valence-corrected chi connectivity index (χ2v) is 15.4. The molecule has 4 aliphatic rings. The second kappa shape index (κ2) is 16.3. The summed E-state index contributed by atoms with van der Waals surface area (Å²) in [7, 11) is 0. The summed E-state index contributed by atoms with van der Waals surface area (Å²) in [6.45, 7) is 8.26. The molecule has 0 amide bonds. The van der Waals surface area contributed by atoms with Gasteiger partial charge in [0.2, 0.25) is 0 Å². The highest BCUT2D eigenvalue weighted by molar-refractivity contribution is 5.44. The number of hydrogen-bond donors (Lipinski definition) is 2. The van der Waals surface area contributed by atoms with Gasteiger partial charge >= 0.3 is 0 Å². The zero-order chi connectivity index (χ0) is 33.6. The van der Waals surface area contributed by atoms with E-state index in [4.69, 9.17) is 20.9 Å². The van der Waals surface area contributed by atoms with Gasteiger partial charge in [0.25, 0.3) is 0 Å². The van der Waals surface area contributed by atoms with Gasteiger partial charge in [-0.25, -0.2) is 8.78 Å². The standard InChI is InChI=1S/C42H58F2N2O2/c1-27(47-31-23-35-33-19-13-7-11-17-29(41(33)45)21-37(35)39(43)25-31)15-9-5-3-4-6-10-16-28(2)48-32-24-36-34-20-14-8-12-18-30(42(34)46)22-38(36)40(44)26-32/h23-26,29-30,33-34,41-42H,1-22,45-46H2/t29-,30-,33+,34+,41-,42-/m0/s1. The third-order valence-electron chi connectivity index (χ3n) is 12.0. The number of allylic oxidation sites excluding steroid dienone is 2. The van der Waals surface area contributed by atoms with Crippen molar-refractivity contribution in [2.45, 2.75) is 152 Å². The van der Waals surface area contributed by atoms with Gasteiger partial charge in [0.1, 0.15) is 23.1 Å². The van der Waals surface area contributed by atoms with E-state index in [2.05, 4.69) is 13.2 Å². The lowest BCUT2D eigenvalue weighted by atomic mass is 9.68. The van der Waals surface area contributed by atoms with E-state index >= 15 is 8.78 Å². The quantitative estimate of drug-likeness (QED) is 0.166. The van der Waals surface area contributed by atoms with Gasteiger partial charge in [0.05, 0.1) is 11.5 Å². The number of nitrogens with two attached hydrogens (primary N) is 2. The molecule has 0 spiro atoms. The average Bonchev–Trinajstić information content (AvgIpc) is 3.04. The minimum absolute atomic E-state index is 0.106. The van der Waals surface area contributed by atoms with Gasteiger partial charge in [-0.3, -0.25) is 0 Å². The molecule has 262 valence electrons. The number of fused-ring (bicyclic) bond motifs is 8. The Morgan fingerprint density at radius 1 is 0.583 bits per heavy atom. The smallest absolute Gasteiger partial charge is 0.130 e. The maximum atomic E-state index is 15.2. The van der Waals surface area contributed by atoms with E-state index in [0.29, 0.717) is 34.9 Å². The molecule has 2 aromatic carbocycles. The third-order valence-corrected chi connectivity index (χ3v) is 12.0. The van der Waals surface area contributed by atoms with E-state index < -0.39 is 0 Å². The highest BCUT2D eigenvalue weighted by Crippen LogP contribution is 2.45. The molecule has 0 unspecified atom stereocenters. The fraction of sp³-hybridized carbons (Fsp3) is 0.619. The Balaban J connectivity index is 0.886. The lowest BCUT2D eigenvalue weighted by molar-refractivity contribution is 0.272. The molecule has 4 aliphatic carbocycles. The largest absolute Gasteiger partial charge is 0.462 e. The highest BCUT2D eigenvalue weighted by atomic mass is 19.1. The molecule has 6 rings (SSSR count). The van der Waals surface area contributed by atoms with Crippen LogP contribution in [-0.2, 0) is 12.8 Å². The van der Waals surface area contributed by atoms with Crippen LogP contribution in [0.4, 0.5) is 8.78 Å². The maximum absolute atomic E-state index is 15.2. The van der Waals surface area contributed by atoms with Crippen LogP contribution >= 0.6 is 0 Å². The first-order valence-electron chi connectivity index (χ1n) is 19.2. The van der Waals surface area contributed by atoms with Crippen molar-refractivity contribution in [2.24, 2.45) is 23.3 Å². The van der Waals surface area contributed by atoms with Gasteiger partial charge in [0, 0.05) is 37.1 Å². The lowest BCUT2D eigenvalue weighted by Gasteiger charge is -2.39. The summed E-state index contributed by atoms with van der Waals surface area (Å²) in [6, 6.07) is 7.37. The molecule has 0 heterocycles. The number of unbranched alkanes of at least 4 members (excludes halogenated alkanes) is 5. The Kier molecular flexibility index (Phi) is 12.0. The summed E-state index contributed by atoms with van der Waals surface area (Å²) in [4.78, 5) is 0. The van der Waals surface area contributed by atoms with Crippen molar-refractivity contribution in [1.29, 1.82) is 0 Å². The molecule has 0 aliphatic heterocycles. The molecule has 6 atom stereocenters. The predicted molar refractivity (Wildman–Crippen MR) is 191 cm³/mol. The number of hydrogen-bond acceptors (Lipinski definition) is 4. The first-order chi connectivity index (χ1) is 23.3. The summed E-state index contributed by atoms with van der Waals surface area (Å²) in [5, 5.41) is 0. The molecule has 6 heteroatoms. The van der Waals surface area contributed by atoms with Crippen LogP contribution in [0.5, 0.6) is 11.5 Å². The van der Waals surface area contributed by atoms with Gasteiger partial charge in [-0.2, -0.15) is 0 Å². The summed E-state index contributed by atoms with van der Waals surface area (Å²) in [6.07, 6.45) is 20.9. The zero-order valence-corrected chi connectivity index (χ0v) is 29.1. The third kappa shape index (κ3) is 8.35. The molecule has 4 bridgehead atoms. The van der Waals surface area contributed by atoms with E-state index in [1.807, 2.05) is 12.1 Å². The Morgan fingerprint density at radius 3 is 1.42 bits per heavy atom. The van der Waals surface area contributed by atoms with Crippen LogP contribution in [0.25, 0.3) is 0 Å². The van der Waals surface area contributed by atoms with Crippen molar-refractivity contribution in [1.82, 2.24) is 0 Å². The molecular weight excluding hydrogens is 602 g/mol. The Labute approximate surface area is 287 Å². The van der Waals surface area contributed by atoms with E-state index in [0.717, 1.165) is 125 Å². The molecule has 0 radical (unpaired) electrons. The summed E-state index contributed by atoms with van der Waals surface area (Å²) >= 11 is 0. The maximum Gasteiger partial charge on any atom is 0.130 e. The molecule has 0 saturated heterocycles. The van der Waals surface area contributed by atoms with Crippen LogP contribution in [0.3, 0.4) is 0 Å². The van der Waals surface area contributed by atoms with E-state index in [1.165, 1.54) is 25.7 Å². The SMILES string of the molecule is C=C(CCCCCCCCC(=C)Oc1cc(F)c2c(c1)[C@H]1CCCCC[C@@H](C2)[C@@H]1N)Oc1cc(F)c2c(c1)[C@H]1CCCCC[C@@H](C2)[C@@H]1N. The van der Waals surface area contributed by atoms with Crippen LogP contribution in [0.1, 0.15) is 150 Å². The number of ether oxygens (including phenoxy) is 2.